The lowest BCUT2D eigenvalue weighted by molar-refractivity contribution is 0.0397. The molecule has 96 valence electrons. The van der Waals surface area contributed by atoms with E-state index < -0.39 is 0 Å². The average Bonchev–Trinajstić information content (AvgIpc) is 2.38. The van der Waals surface area contributed by atoms with Crippen molar-refractivity contribution in [2.45, 2.75) is 25.9 Å². The van der Waals surface area contributed by atoms with Crippen LogP contribution < -0.4 is 5.73 Å². The van der Waals surface area contributed by atoms with E-state index in [1.165, 1.54) is 5.56 Å². The summed E-state index contributed by atoms with van der Waals surface area (Å²) in [6.45, 7) is 4.81. The molecule has 1 aromatic rings. The highest BCUT2D eigenvalue weighted by Gasteiger charge is 2.07. The highest BCUT2D eigenvalue weighted by atomic mass is 16.5. The maximum atomic E-state index is 5.74. The van der Waals surface area contributed by atoms with Crippen LogP contribution in [0.2, 0.25) is 0 Å². The molecule has 0 fully saturated rings. The molecule has 1 atom stereocenters. The topological polar surface area (TPSA) is 44.5 Å². The van der Waals surface area contributed by atoms with Gasteiger partial charge in [-0.15, -0.1) is 0 Å². The van der Waals surface area contributed by atoms with Gasteiger partial charge in [0.05, 0.1) is 6.10 Å². The van der Waals surface area contributed by atoms with Gasteiger partial charge in [0.1, 0.15) is 0 Å². The quantitative estimate of drug-likeness (QED) is 0.668. The van der Waals surface area contributed by atoms with Crippen molar-refractivity contribution in [2.75, 3.05) is 26.4 Å². The SMILES string of the molecule is CCOCCCO[C@@H](CN)Cc1ccccc1. The van der Waals surface area contributed by atoms with E-state index in [0.29, 0.717) is 13.2 Å². The van der Waals surface area contributed by atoms with Crippen molar-refractivity contribution in [1.29, 1.82) is 0 Å². The average molecular weight is 237 g/mol. The van der Waals surface area contributed by atoms with Crippen LogP contribution in [0.3, 0.4) is 0 Å². The lowest BCUT2D eigenvalue weighted by Gasteiger charge is -2.16. The van der Waals surface area contributed by atoms with E-state index in [2.05, 4.69) is 12.1 Å². The van der Waals surface area contributed by atoms with Gasteiger partial charge in [-0.1, -0.05) is 30.3 Å². The summed E-state index contributed by atoms with van der Waals surface area (Å²) in [5, 5.41) is 0. The van der Waals surface area contributed by atoms with Crippen LogP contribution in [0.5, 0.6) is 0 Å². The summed E-state index contributed by atoms with van der Waals surface area (Å²) in [4.78, 5) is 0. The number of hydrogen-bond acceptors (Lipinski definition) is 3. The summed E-state index contributed by atoms with van der Waals surface area (Å²) >= 11 is 0. The third-order valence-electron chi connectivity index (χ3n) is 2.56. The molecule has 17 heavy (non-hydrogen) atoms. The number of rotatable bonds is 9. The van der Waals surface area contributed by atoms with Crippen molar-refractivity contribution in [3.63, 3.8) is 0 Å². The fraction of sp³-hybridized carbons (Fsp3) is 0.571. The van der Waals surface area contributed by atoms with Crippen LogP contribution in [-0.4, -0.2) is 32.5 Å². The molecular weight excluding hydrogens is 214 g/mol. The lowest BCUT2D eigenvalue weighted by atomic mass is 10.1. The van der Waals surface area contributed by atoms with Gasteiger partial charge in [0, 0.05) is 26.4 Å². The lowest BCUT2D eigenvalue weighted by Crippen LogP contribution is -2.26. The summed E-state index contributed by atoms with van der Waals surface area (Å²) < 4.78 is 11.0. The van der Waals surface area contributed by atoms with E-state index in [1.54, 1.807) is 0 Å². The summed E-state index contributed by atoms with van der Waals surface area (Å²) in [6, 6.07) is 10.3. The first-order valence-corrected chi connectivity index (χ1v) is 6.30. The molecule has 0 bridgehead atoms. The van der Waals surface area contributed by atoms with Crippen molar-refractivity contribution < 1.29 is 9.47 Å². The molecule has 0 aliphatic rings. The Morgan fingerprint density at radius 3 is 2.59 bits per heavy atom. The van der Waals surface area contributed by atoms with E-state index in [4.69, 9.17) is 15.2 Å². The zero-order valence-corrected chi connectivity index (χ0v) is 10.6. The standard InChI is InChI=1S/C14H23NO2/c1-2-16-9-6-10-17-14(12-15)11-13-7-4-3-5-8-13/h3-5,7-8,14H,2,6,9-12,15H2,1H3/t14-/m1/s1. The zero-order chi connectivity index (χ0) is 12.3. The Labute approximate surface area is 104 Å². The molecule has 0 radical (unpaired) electrons. The molecule has 0 saturated carbocycles. The Bertz CT molecular complexity index is 277. The third kappa shape index (κ3) is 6.41. The molecular formula is C14H23NO2. The monoisotopic (exact) mass is 237 g/mol. The largest absolute Gasteiger partial charge is 0.382 e. The second kappa shape index (κ2) is 9.16. The van der Waals surface area contributed by atoms with Crippen LogP contribution >= 0.6 is 0 Å². The number of benzene rings is 1. The Hall–Kier alpha value is -0.900. The fourth-order valence-corrected chi connectivity index (χ4v) is 1.64. The molecule has 0 aliphatic carbocycles. The molecule has 0 spiro atoms. The van der Waals surface area contributed by atoms with Gasteiger partial charge in [-0.25, -0.2) is 0 Å². The van der Waals surface area contributed by atoms with Crippen molar-refractivity contribution in [3.05, 3.63) is 35.9 Å². The van der Waals surface area contributed by atoms with Gasteiger partial charge in [-0.05, 0) is 25.3 Å². The summed E-state index contributed by atoms with van der Waals surface area (Å²) in [6.07, 6.45) is 1.92. The van der Waals surface area contributed by atoms with Gasteiger partial charge in [0.2, 0.25) is 0 Å². The molecule has 0 unspecified atom stereocenters. The van der Waals surface area contributed by atoms with E-state index in [1.807, 2.05) is 25.1 Å². The van der Waals surface area contributed by atoms with Gasteiger partial charge >= 0.3 is 0 Å². The minimum absolute atomic E-state index is 0.110. The first kappa shape index (κ1) is 14.2. The second-order valence-electron chi connectivity index (χ2n) is 3.97. The third-order valence-corrected chi connectivity index (χ3v) is 2.56. The summed E-state index contributed by atoms with van der Waals surface area (Å²) in [5.41, 5.74) is 6.98. The minimum Gasteiger partial charge on any atom is -0.382 e. The normalized spacial score (nSPS) is 12.6. The smallest absolute Gasteiger partial charge is 0.0737 e. The summed E-state index contributed by atoms with van der Waals surface area (Å²) in [5.74, 6) is 0. The zero-order valence-electron chi connectivity index (χ0n) is 10.6. The maximum Gasteiger partial charge on any atom is 0.0737 e. The number of hydrogen-bond donors (Lipinski definition) is 1. The Morgan fingerprint density at radius 2 is 1.94 bits per heavy atom. The van der Waals surface area contributed by atoms with Crippen molar-refractivity contribution in [2.24, 2.45) is 5.73 Å². The molecule has 1 aromatic carbocycles. The first-order valence-electron chi connectivity index (χ1n) is 6.30. The Balaban J connectivity index is 2.20. The second-order valence-corrected chi connectivity index (χ2v) is 3.97. The van der Waals surface area contributed by atoms with Gasteiger partial charge in [0.25, 0.3) is 0 Å². The molecule has 1 rings (SSSR count). The van der Waals surface area contributed by atoms with E-state index in [0.717, 1.165) is 26.1 Å². The van der Waals surface area contributed by atoms with E-state index in [9.17, 15) is 0 Å². The van der Waals surface area contributed by atoms with Crippen LogP contribution in [0.15, 0.2) is 30.3 Å². The summed E-state index contributed by atoms with van der Waals surface area (Å²) in [7, 11) is 0. The highest BCUT2D eigenvalue weighted by molar-refractivity contribution is 5.15. The van der Waals surface area contributed by atoms with Crippen LogP contribution in [0.1, 0.15) is 18.9 Å². The van der Waals surface area contributed by atoms with Crippen LogP contribution in [0, 0.1) is 0 Å². The van der Waals surface area contributed by atoms with Gasteiger partial charge in [0.15, 0.2) is 0 Å². The molecule has 0 amide bonds. The minimum atomic E-state index is 0.110. The van der Waals surface area contributed by atoms with Crippen molar-refractivity contribution in [1.82, 2.24) is 0 Å². The van der Waals surface area contributed by atoms with Gasteiger partial charge in [-0.2, -0.15) is 0 Å². The van der Waals surface area contributed by atoms with Crippen molar-refractivity contribution in [3.8, 4) is 0 Å². The van der Waals surface area contributed by atoms with Crippen LogP contribution in [-0.2, 0) is 15.9 Å². The molecule has 3 nitrogen and oxygen atoms in total. The maximum absolute atomic E-state index is 5.74. The first-order chi connectivity index (χ1) is 8.36. The number of nitrogens with two attached hydrogens (primary N) is 1. The molecule has 0 aliphatic heterocycles. The molecule has 0 heterocycles. The van der Waals surface area contributed by atoms with Gasteiger partial charge < -0.3 is 15.2 Å². The van der Waals surface area contributed by atoms with E-state index >= 15 is 0 Å². The van der Waals surface area contributed by atoms with E-state index in [-0.39, 0.29) is 6.10 Å². The Morgan fingerprint density at radius 1 is 1.18 bits per heavy atom. The Kier molecular flexibility index (Phi) is 7.63. The molecule has 0 aromatic heterocycles. The predicted molar refractivity (Wildman–Crippen MR) is 70.1 cm³/mol. The highest BCUT2D eigenvalue weighted by Crippen LogP contribution is 2.05. The predicted octanol–water partition coefficient (Wildman–Crippen LogP) is 2.00. The molecule has 3 heteroatoms. The van der Waals surface area contributed by atoms with Gasteiger partial charge in [-0.3, -0.25) is 0 Å². The van der Waals surface area contributed by atoms with Crippen LogP contribution in [0.4, 0.5) is 0 Å². The van der Waals surface area contributed by atoms with Crippen LogP contribution in [0.25, 0.3) is 0 Å². The van der Waals surface area contributed by atoms with Crippen molar-refractivity contribution >= 4 is 0 Å². The molecule has 2 N–H and O–H groups in total. The fourth-order valence-electron chi connectivity index (χ4n) is 1.64. The number of ether oxygens (including phenoxy) is 2. The molecule has 0 saturated heterocycles.